The molecule has 0 heterocycles. The summed E-state index contributed by atoms with van der Waals surface area (Å²) in [5, 5.41) is 8.34. The minimum Gasteiger partial charge on any atom is -0.394 e. The number of hydrogen-bond acceptors (Lipinski definition) is 4. The van der Waals surface area contributed by atoms with Crippen LogP contribution >= 0.6 is 15.9 Å². The van der Waals surface area contributed by atoms with Crippen molar-refractivity contribution in [2.75, 3.05) is 39.6 Å². The first kappa shape index (κ1) is 13.3. The topological polar surface area (TPSA) is 47.9 Å². The highest BCUT2D eigenvalue weighted by molar-refractivity contribution is 9.09. The van der Waals surface area contributed by atoms with E-state index in [4.69, 9.17) is 19.3 Å². The van der Waals surface area contributed by atoms with Gasteiger partial charge >= 0.3 is 0 Å². The molecule has 0 aromatic heterocycles. The van der Waals surface area contributed by atoms with E-state index in [1.807, 2.05) is 6.92 Å². The SMILES string of the molecule is CCOC(Br)COCCOCCO. The molecular formula is C8H17BrO4. The average molecular weight is 257 g/mol. The standard InChI is InChI=1S/C8H17BrO4/c1-2-13-8(9)7-12-6-5-11-4-3-10/h8,10H,2-7H2,1H3. The second-order valence-corrected chi connectivity index (χ2v) is 3.30. The van der Waals surface area contributed by atoms with Crippen molar-refractivity contribution in [3.8, 4) is 0 Å². The molecule has 0 aliphatic heterocycles. The van der Waals surface area contributed by atoms with Crippen LogP contribution in [0.25, 0.3) is 0 Å². The molecule has 0 saturated heterocycles. The molecule has 0 aromatic rings. The first-order chi connectivity index (χ1) is 6.31. The fourth-order valence-corrected chi connectivity index (χ4v) is 1.14. The van der Waals surface area contributed by atoms with Gasteiger partial charge in [0.2, 0.25) is 0 Å². The van der Waals surface area contributed by atoms with Gasteiger partial charge in [0.15, 0.2) is 0 Å². The van der Waals surface area contributed by atoms with E-state index in [-0.39, 0.29) is 11.6 Å². The molecule has 1 unspecified atom stereocenters. The van der Waals surface area contributed by atoms with E-state index in [1.165, 1.54) is 0 Å². The van der Waals surface area contributed by atoms with Gasteiger partial charge in [0.25, 0.3) is 0 Å². The molecular weight excluding hydrogens is 240 g/mol. The normalized spacial score (nSPS) is 13.2. The largest absolute Gasteiger partial charge is 0.394 e. The average Bonchev–Trinajstić information content (AvgIpc) is 2.11. The Balaban J connectivity index is 2.97. The highest BCUT2D eigenvalue weighted by Crippen LogP contribution is 2.01. The Hall–Kier alpha value is 0.320. The lowest BCUT2D eigenvalue weighted by atomic mass is 10.7. The summed E-state index contributed by atoms with van der Waals surface area (Å²) in [6, 6.07) is 0. The number of aliphatic hydroxyl groups excluding tert-OH is 1. The molecule has 0 aliphatic carbocycles. The second kappa shape index (κ2) is 10.4. The molecule has 0 spiro atoms. The summed E-state index contributed by atoms with van der Waals surface area (Å²) in [5.41, 5.74) is 0. The van der Waals surface area contributed by atoms with Gasteiger partial charge in [-0.15, -0.1) is 0 Å². The van der Waals surface area contributed by atoms with Gasteiger partial charge in [-0.1, -0.05) is 15.9 Å². The summed E-state index contributed by atoms with van der Waals surface area (Å²) < 4.78 is 15.4. The zero-order chi connectivity index (χ0) is 9.94. The number of alkyl halides is 1. The molecule has 0 saturated carbocycles. The first-order valence-electron chi connectivity index (χ1n) is 4.33. The molecule has 0 aliphatic rings. The summed E-state index contributed by atoms with van der Waals surface area (Å²) in [5.74, 6) is 0. The van der Waals surface area contributed by atoms with Crippen LogP contribution in [-0.2, 0) is 14.2 Å². The van der Waals surface area contributed by atoms with E-state index in [2.05, 4.69) is 15.9 Å². The van der Waals surface area contributed by atoms with Crippen LogP contribution in [0.3, 0.4) is 0 Å². The highest BCUT2D eigenvalue weighted by atomic mass is 79.9. The van der Waals surface area contributed by atoms with Gasteiger partial charge in [0.1, 0.15) is 5.01 Å². The second-order valence-electron chi connectivity index (χ2n) is 2.28. The summed E-state index contributed by atoms with van der Waals surface area (Å²) in [6.45, 7) is 4.56. The molecule has 13 heavy (non-hydrogen) atoms. The van der Waals surface area contributed by atoms with Crippen molar-refractivity contribution in [3.63, 3.8) is 0 Å². The van der Waals surface area contributed by atoms with Crippen LogP contribution in [0.15, 0.2) is 0 Å². The molecule has 1 atom stereocenters. The van der Waals surface area contributed by atoms with Crippen LogP contribution in [0.1, 0.15) is 6.92 Å². The lowest BCUT2D eigenvalue weighted by Gasteiger charge is -2.10. The van der Waals surface area contributed by atoms with Crippen LogP contribution in [0.2, 0.25) is 0 Å². The molecule has 80 valence electrons. The quantitative estimate of drug-likeness (QED) is 0.489. The van der Waals surface area contributed by atoms with Crippen LogP contribution in [0.4, 0.5) is 0 Å². The van der Waals surface area contributed by atoms with Gasteiger partial charge in [-0.05, 0) is 6.92 Å². The van der Waals surface area contributed by atoms with E-state index >= 15 is 0 Å². The smallest absolute Gasteiger partial charge is 0.135 e. The highest BCUT2D eigenvalue weighted by Gasteiger charge is 2.01. The fraction of sp³-hybridized carbons (Fsp3) is 1.00. The van der Waals surface area contributed by atoms with E-state index in [1.54, 1.807) is 0 Å². The third kappa shape index (κ3) is 10.2. The fourth-order valence-electron chi connectivity index (χ4n) is 0.689. The Morgan fingerprint density at radius 3 is 2.54 bits per heavy atom. The Labute approximate surface area is 87.3 Å². The number of aliphatic hydroxyl groups is 1. The molecule has 0 amide bonds. The number of ether oxygens (including phenoxy) is 3. The summed E-state index contributed by atoms with van der Waals surface area (Å²) >= 11 is 3.29. The van der Waals surface area contributed by atoms with E-state index in [9.17, 15) is 0 Å². The molecule has 0 fully saturated rings. The van der Waals surface area contributed by atoms with E-state index in [0.717, 1.165) is 0 Å². The predicted molar refractivity (Wildman–Crippen MR) is 53.1 cm³/mol. The zero-order valence-corrected chi connectivity index (χ0v) is 9.46. The molecule has 0 aromatic carbocycles. The van der Waals surface area contributed by atoms with Gasteiger partial charge in [0.05, 0.1) is 33.0 Å². The maximum absolute atomic E-state index is 8.39. The molecule has 4 nitrogen and oxygen atoms in total. The van der Waals surface area contributed by atoms with Crippen LogP contribution < -0.4 is 0 Å². The Morgan fingerprint density at radius 1 is 1.23 bits per heavy atom. The van der Waals surface area contributed by atoms with E-state index in [0.29, 0.717) is 33.0 Å². The van der Waals surface area contributed by atoms with Crippen LogP contribution in [0.5, 0.6) is 0 Å². The predicted octanol–water partition coefficient (Wildman–Crippen LogP) is 0.769. The van der Waals surface area contributed by atoms with Crippen molar-refractivity contribution in [1.29, 1.82) is 0 Å². The van der Waals surface area contributed by atoms with Gasteiger partial charge in [-0.25, -0.2) is 0 Å². The maximum Gasteiger partial charge on any atom is 0.135 e. The summed E-state index contributed by atoms with van der Waals surface area (Å²) in [6.07, 6.45) is 0. The van der Waals surface area contributed by atoms with Crippen LogP contribution in [0, 0.1) is 0 Å². The third-order valence-corrected chi connectivity index (χ3v) is 1.73. The molecule has 0 bridgehead atoms. The third-order valence-electron chi connectivity index (χ3n) is 1.20. The van der Waals surface area contributed by atoms with Crippen molar-refractivity contribution < 1.29 is 19.3 Å². The van der Waals surface area contributed by atoms with Crippen molar-refractivity contribution in [3.05, 3.63) is 0 Å². The zero-order valence-electron chi connectivity index (χ0n) is 7.87. The van der Waals surface area contributed by atoms with Crippen LogP contribution in [-0.4, -0.2) is 49.8 Å². The maximum atomic E-state index is 8.39. The minimum atomic E-state index is -0.0460. The van der Waals surface area contributed by atoms with Gasteiger partial charge in [0, 0.05) is 6.61 Å². The first-order valence-corrected chi connectivity index (χ1v) is 5.24. The Kier molecular flexibility index (Phi) is 10.7. The monoisotopic (exact) mass is 256 g/mol. The lowest BCUT2D eigenvalue weighted by Crippen LogP contribution is -2.15. The number of hydrogen-bond donors (Lipinski definition) is 1. The number of halogens is 1. The molecule has 0 rings (SSSR count). The van der Waals surface area contributed by atoms with Crippen molar-refractivity contribution >= 4 is 15.9 Å². The van der Waals surface area contributed by atoms with Crippen molar-refractivity contribution in [1.82, 2.24) is 0 Å². The van der Waals surface area contributed by atoms with Gasteiger partial charge in [-0.2, -0.15) is 0 Å². The Bertz CT molecular complexity index is 102. The lowest BCUT2D eigenvalue weighted by molar-refractivity contribution is 0.00188. The summed E-state index contributed by atoms with van der Waals surface area (Å²) in [4.78, 5) is 0. The molecule has 0 radical (unpaired) electrons. The van der Waals surface area contributed by atoms with Gasteiger partial charge < -0.3 is 19.3 Å². The van der Waals surface area contributed by atoms with Crippen molar-refractivity contribution in [2.45, 2.75) is 11.9 Å². The Morgan fingerprint density at radius 2 is 1.92 bits per heavy atom. The molecule has 5 heteroatoms. The van der Waals surface area contributed by atoms with E-state index < -0.39 is 0 Å². The minimum absolute atomic E-state index is 0.0460. The summed E-state index contributed by atoms with van der Waals surface area (Å²) in [7, 11) is 0. The molecule has 1 N–H and O–H groups in total. The number of rotatable bonds is 9. The van der Waals surface area contributed by atoms with Gasteiger partial charge in [-0.3, -0.25) is 0 Å². The van der Waals surface area contributed by atoms with Crippen molar-refractivity contribution in [2.24, 2.45) is 0 Å².